The monoisotopic (exact) mass is 580 g/mol. The van der Waals surface area contributed by atoms with Crippen molar-refractivity contribution in [3.63, 3.8) is 0 Å². The quantitative estimate of drug-likeness (QED) is 0.282. The molecule has 3 aromatic rings. The first-order valence-corrected chi connectivity index (χ1v) is 13.3. The standard InChI is InChI=1S/C28H25BrN2O5S/c1-3-31-26(32)25(37-28(31)30-22-7-5-6-20(16-22)27(33)34)15-19-10-13-23(24(14-19)35-4-2)36-17-18-8-11-21(29)12-9-18/h5-16H,3-4,17H2,1-2H3,(H,33,34)/b25-15+,30-28?. The van der Waals surface area contributed by atoms with Gasteiger partial charge >= 0.3 is 5.97 Å². The van der Waals surface area contributed by atoms with Crippen LogP contribution in [-0.2, 0) is 11.4 Å². The van der Waals surface area contributed by atoms with Gasteiger partial charge < -0.3 is 14.6 Å². The van der Waals surface area contributed by atoms with Gasteiger partial charge in [-0.15, -0.1) is 0 Å². The van der Waals surface area contributed by atoms with Crippen LogP contribution in [0.15, 0.2) is 81.1 Å². The Balaban J connectivity index is 1.57. The molecule has 1 saturated heterocycles. The molecule has 1 aliphatic heterocycles. The lowest BCUT2D eigenvalue weighted by atomic mass is 10.1. The minimum absolute atomic E-state index is 0.140. The van der Waals surface area contributed by atoms with Crippen molar-refractivity contribution in [2.24, 2.45) is 4.99 Å². The molecule has 1 aliphatic rings. The number of nitrogens with zero attached hydrogens (tertiary/aromatic N) is 2. The highest BCUT2D eigenvalue weighted by Crippen LogP contribution is 2.36. The van der Waals surface area contributed by atoms with E-state index in [0.717, 1.165) is 15.6 Å². The van der Waals surface area contributed by atoms with E-state index in [-0.39, 0.29) is 11.5 Å². The number of rotatable bonds is 9. The smallest absolute Gasteiger partial charge is 0.335 e. The lowest BCUT2D eigenvalue weighted by Crippen LogP contribution is -2.28. The zero-order valence-corrected chi connectivity index (χ0v) is 22.7. The topological polar surface area (TPSA) is 88.4 Å². The molecule has 0 bridgehead atoms. The number of amidine groups is 1. The highest BCUT2D eigenvalue weighted by molar-refractivity contribution is 9.10. The van der Waals surface area contributed by atoms with Crippen LogP contribution in [0.4, 0.5) is 5.69 Å². The predicted molar refractivity (Wildman–Crippen MR) is 150 cm³/mol. The van der Waals surface area contributed by atoms with Gasteiger partial charge in [0.15, 0.2) is 16.7 Å². The van der Waals surface area contributed by atoms with E-state index in [2.05, 4.69) is 20.9 Å². The van der Waals surface area contributed by atoms with Gasteiger partial charge in [-0.1, -0.05) is 40.2 Å². The van der Waals surface area contributed by atoms with Crippen LogP contribution in [0.2, 0.25) is 0 Å². The number of hydrogen-bond donors (Lipinski definition) is 1. The molecule has 0 aliphatic carbocycles. The highest BCUT2D eigenvalue weighted by atomic mass is 79.9. The van der Waals surface area contributed by atoms with Gasteiger partial charge in [-0.25, -0.2) is 9.79 Å². The Bertz CT molecular complexity index is 1370. The second-order valence-corrected chi connectivity index (χ2v) is 9.89. The number of hydrogen-bond acceptors (Lipinski definition) is 6. The number of aromatic carboxylic acids is 1. The molecule has 0 unspecified atom stereocenters. The summed E-state index contributed by atoms with van der Waals surface area (Å²) in [5.74, 6) is 0.0258. The molecule has 1 N–H and O–H groups in total. The van der Waals surface area contributed by atoms with Crippen molar-refractivity contribution in [3.8, 4) is 11.5 Å². The number of aliphatic imine (C=N–C) groups is 1. The molecule has 0 aromatic heterocycles. The van der Waals surface area contributed by atoms with Crippen LogP contribution in [0.25, 0.3) is 6.08 Å². The maximum absolute atomic E-state index is 13.1. The molecule has 1 heterocycles. The van der Waals surface area contributed by atoms with E-state index in [1.54, 1.807) is 23.1 Å². The molecule has 1 fully saturated rings. The van der Waals surface area contributed by atoms with Crippen LogP contribution in [-0.4, -0.2) is 40.2 Å². The number of halogens is 1. The second-order valence-electron chi connectivity index (χ2n) is 7.96. The molecule has 3 aromatic carbocycles. The van der Waals surface area contributed by atoms with Crippen LogP contribution >= 0.6 is 27.7 Å². The molecular weight excluding hydrogens is 556 g/mol. The van der Waals surface area contributed by atoms with Crippen LogP contribution in [0.5, 0.6) is 11.5 Å². The third-order valence-corrected chi connectivity index (χ3v) is 6.93. The zero-order valence-electron chi connectivity index (χ0n) is 20.3. The van der Waals surface area contributed by atoms with Gasteiger partial charge in [0.25, 0.3) is 5.91 Å². The summed E-state index contributed by atoms with van der Waals surface area (Å²) in [6.07, 6.45) is 1.80. The molecular formula is C28H25BrN2O5S. The Morgan fingerprint density at radius 2 is 1.84 bits per heavy atom. The average molecular weight is 581 g/mol. The minimum Gasteiger partial charge on any atom is -0.490 e. The number of carboxylic acids is 1. The van der Waals surface area contributed by atoms with Crippen LogP contribution in [0.1, 0.15) is 35.3 Å². The number of thioether (sulfide) groups is 1. The summed E-state index contributed by atoms with van der Waals surface area (Å²) in [6, 6.07) is 19.8. The average Bonchev–Trinajstić information content (AvgIpc) is 3.18. The number of likely N-dealkylation sites (N-methyl/N-ethyl adjacent to an activating group) is 1. The minimum atomic E-state index is -1.03. The van der Waals surface area contributed by atoms with Crippen LogP contribution in [0, 0.1) is 0 Å². The first kappa shape index (κ1) is 26.5. The molecule has 190 valence electrons. The number of carboxylic acid groups (broad SMARTS) is 1. The maximum Gasteiger partial charge on any atom is 0.335 e. The summed E-state index contributed by atoms with van der Waals surface area (Å²) < 4.78 is 12.8. The fourth-order valence-corrected chi connectivity index (χ4v) is 4.91. The summed E-state index contributed by atoms with van der Waals surface area (Å²) in [4.78, 5) is 31.0. The van der Waals surface area contributed by atoms with Crippen molar-refractivity contribution < 1.29 is 24.2 Å². The molecule has 9 heteroatoms. The van der Waals surface area contributed by atoms with Crippen molar-refractivity contribution in [2.75, 3.05) is 13.2 Å². The van der Waals surface area contributed by atoms with E-state index in [1.165, 1.54) is 23.9 Å². The number of carbonyl (C=O) groups is 2. The molecule has 0 radical (unpaired) electrons. The van der Waals surface area contributed by atoms with Crippen LogP contribution in [0.3, 0.4) is 0 Å². The van der Waals surface area contributed by atoms with E-state index in [9.17, 15) is 14.7 Å². The highest BCUT2D eigenvalue weighted by Gasteiger charge is 2.32. The third kappa shape index (κ3) is 6.61. The second kappa shape index (κ2) is 12.1. The van der Waals surface area contributed by atoms with Gasteiger partial charge in [0.2, 0.25) is 0 Å². The Labute approximate surface area is 227 Å². The van der Waals surface area contributed by atoms with E-state index < -0.39 is 5.97 Å². The van der Waals surface area contributed by atoms with Crippen LogP contribution < -0.4 is 9.47 Å². The summed E-state index contributed by atoms with van der Waals surface area (Å²) in [5.41, 5.74) is 2.44. The van der Waals surface area contributed by atoms with Crippen molar-refractivity contribution in [1.29, 1.82) is 0 Å². The van der Waals surface area contributed by atoms with Gasteiger partial charge in [0, 0.05) is 11.0 Å². The lowest BCUT2D eigenvalue weighted by molar-refractivity contribution is -0.122. The van der Waals surface area contributed by atoms with Gasteiger partial charge in [-0.2, -0.15) is 0 Å². The molecule has 1 amide bonds. The molecule has 4 rings (SSSR count). The fourth-order valence-electron chi connectivity index (χ4n) is 3.58. The van der Waals surface area contributed by atoms with E-state index >= 15 is 0 Å². The number of amides is 1. The lowest BCUT2D eigenvalue weighted by Gasteiger charge is -2.13. The summed E-state index contributed by atoms with van der Waals surface area (Å²) in [6.45, 7) is 5.08. The zero-order chi connectivity index (χ0) is 26.4. The first-order chi connectivity index (χ1) is 17.9. The molecule has 37 heavy (non-hydrogen) atoms. The van der Waals surface area contributed by atoms with E-state index in [4.69, 9.17) is 9.47 Å². The van der Waals surface area contributed by atoms with Crippen molar-refractivity contribution in [3.05, 3.63) is 92.8 Å². The SMILES string of the molecule is CCOc1cc(/C=C2/SC(=Nc3cccc(C(=O)O)c3)N(CC)C2=O)ccc1OCc1ccc(Br)cc1. The first-order valence-electron chi connectivity index (χ1n) is 11.7. The van der Waals surface area contributed by atoms with Crippen molar-refractivity contribution >= 4 is 56.5 Å². The fraction of sp³-hybridized carbons (Fsp3) is 0.179. The number of carbonyl (C=O) groups excluding carboxylic acids is 1. The van der Waals surface area contributed by atoms with E-state index in [1.807, 2.05) is 56.3 Å². The predicted octanol–water partition coefficient (Wildman–Crippen LogP) is 6.75. The Morgan fingerprint density at radius 1 is 1.05 bits per heavy atom. The van der Waals surface area contributed by atoms with Gasteiger partial charge in [0.1, 0.15) is 6.61 Å². The Morgan fingerprint density at radius 3 is 2.54 bits per heavy atom. The Kier molecular flexibility index (Phi) is 8.68. The summed E-state index contributed by atoms with van der Waals surface area (Å²) in [7, 11) is 0. The maximum atomic E-state index is 13.1. The third-order valence-electron chi connectivity index (χ3n) is 5.40. The Hall–Kier alpha value is -3.56. The largest absolute Gasteiger partial charge is 0.490 e. The van der Waals surface area contributed by atoms with Crippen molar-refractivity contribution in [2.45, 2.75) is 20.5 Å². The van der Waals surface area contributed by atoms with E-state index in [0.29, 0.717) is 47.0 Å². The summed E-state index contributed by atoms with van der Waals surface area (Å²) in [5, 5.41) is 9.75. The van der Waals surface area contributed by atoms with Crippen molar-refractivity contribution in [1.82, 2.24) is 4.90 Å². The molecule has 0 atom stereocenters. The number of ether oxygens (including phenoxy) is 2. The molecule has 0 saturated carbocycles. The van der Waals surface area contributed by atoms with Gasteiger partial charge in [-0.3, -0.25) is 9.69 Å². The van der Waals surface area contributed by atoms with Gasteiger partial charge in [-0.05, 0) is 85.3 Å². The summed E-state index contributed by atoms with van der Waals surface area (Å²) >= 11 is 4.69. The van der Waals surface area contributed by atoms with Gasteiger partial charge in [0.05, 0.1) is 22.8 Å². The normalized spacial score (nSPS) is 15.4. The molecule has 7 nitrogen and oxygen atoms in total. The molecule has 0 spiro atoms. The number of benzene rings is 3.